The van der Waals surface area contributed by atoms with Crippen molar-refractivity contribution in [1.29, 1.82) is 0 Å². The zero-order chi connectivity index (χ0) is 14.8. The zero-order valence-corrected chi connectivity index (χ0v) is 10.5. The minimum Gasteiger partial charge on any atom is -0.340 e. The highest BCUT2D eigenvalue weighted by Gasteiger charge is 2.32. The van der Waals surface area contributed by atoms with Crippen LogP contribution in [0, 0.1) is 6.92 Å². The van der Waals surface area contributed by atoms with Crippen molar-refractivity contribution in [1.82, 2.24) is 9.97 Å². The van der Waals surface area contributed by atoms with E-state index in [1.54, 1.807) is 6.07 Å². The van der Waals surface area contributed by atoms with Gasteiger partial charge in [0.25, 0.3) is 0 Å². The molecule has 8 heteroatoms. The van der Waals surface area contributed by atoms with Gasteiger partial charge >= 0.3 is 6.18 Å². The van der Waals surface area contributed by atoms with E-state index in [9.17, 15) is 13.2 Å². The van der Waals surface area contributed by atoms with Gasteiger partial charge in [-0.25, -0.2) is 15.8 Å². The molecule has 0 radical (unpaired) electrons. The number of aromatic nitrogens is 2. The third-order valence-electron chi connectivity index (χ3n) is 2.63. The summed E-state index contributed by atoms with van der Waals surface area (Å²) in [5.41, 5.74) is 2.08. The zero-order valence-electron chi connectivity index (χ0n) is 10.5. The fraction of sp³-hybridized carbons (Fsp3) is 0.167. The molecule has 4 N–H and O–H groups in total. The minimum atomic E-state index is -4.39. The van der Waals surface area contributed by atoms with Gasteiger partial charge in [-0.3, -0.25) is 0 Å². The molecule has 0 aliphatic carbocycles. The van der Waals surface area contributed by atoms with Crippen LogP contribution in [0.2, 0.25) is 0 Å². The van der Waals surface area contributed by atoms with Crippen LogP contribution in [0.25, 0.3) is 0 Å². The molecule has 0 atom stereocenters. The first-order chi connectivity index (χ1) is 9.40. The SMILES string of the molecule is Cc1ccc(Nc2cc(NN)ncn2)cc1C(F)(F)F. The number of alkyl halides is 3. The molecular formula is C12H12F3N5. The largest absolute Gasteiger partial charge is 0.416 e. The van der Waals surface area contributed by atoms with Crippen molar-refractivity contribution in [3.05, 3.63) is 41.7 Å². The van der Waals surface area contributed by atoms with Gasteiger partial charge in [0, 0.05) is 11.8 Å². The number of nitrogens with zero attached hydrogens (tertiary/aromatic N) is 2. The van der Waals surface area contributed by atoms with Crippen LogP contribution in [0.5, 0.6) is 0 Å². The summed E-state index contributed by atoms with van der Waals surface area (Å²) < 4.78 is 38.4. The predicted molar refractivity (Wildman–Crippen MR) is 69.3 cm³/mol. The molecule has 5 nitrogen and oxygen atoms in total. The molecule has 0 spiro atoms. The van der Waals surface area contributed by atoms with Crippen LogP contribution in [0.15, 0.2) is 30.6 Å². The lowest BCUT2D eigenvalue weighted by Crippen LogP contribution is -2.10. The second kappa shape index (κ2) is 5.33. The molecule has 20 heavy (non-hydrogen) atoms. The van der Waals surface area contributed by atoms with E-state index in [2.05, 4.69) is 20.7 Å². The summed E-state index contributed by atoms with van der Waals surface area (Å²) in [5.74, 6) is 5.89. The van der Waals surface area contributed by atoms with E-state index in [-0.39, 0.29) is 11.3 Å². The molecule has 2 aromatic rings. The van der Waals surface area contributed by atoms with E-state index >= 15 is 0 Å². The average Bonchev–Trinajstić information content (AvgIpc) is 2.40. The Kier molecular flexibility index (Phi) is 3.75. The number of anilines is 3. The molecule has 0 bridgehead atoms. The maximum Gasteiger partial charge on any atom is 0.416 e. The lowest BCUT2D eigenvalue weighted by molar-refractivity contribution is -0.138. The topological polar surface area (TPSA) is 75.9 Å². The maximum atomic E-state index is 12.8. The van der Waals surface area contributed by atoms with Crippen molar-refractivity contribution in [2.75, 3.05) is 10.7 Å². The van der Waals surface area contributed by atoms with Gasteiger partial charge in [-0.1, -0.05) is 6.07 Å². The number of aryl methyl sites for hydroxylation is 1. The molecule has 1 aromatic carbocycles. The van der Waals surface area contributed by atoms with E-state index in [1.165, 1.54) is 25.4 Å². The molecule has 0 saturated heterocycles. The summed E-state index contributed by atoms with van der Waals surface area (Å²) in [6, 6.07) is 5.46. The molecule has 0 unspecified atom stereocenters. The van der Waals surface area contributed by atoms with Crippen LogP contribution in [-0.2, 0) is 6.18 Å². The quantitative estimate of drug-likeness (QED) is 0.596. The van der Waals surface area contributed by atoms with Crippen molar-refractivity contribution in [2.24, 2.45) is 5.84 Å². The van der Waals surface area contributed by atoms with Crippen molar-refractivity contribution in [2.45, 2.75) is 13.1 Å². The van der Waals surface area contributed by atoms with Crippen LogP contribution in [0.1, 0.15) is 11.1 Å². The molecule has 106 valence electrons. The monoisotopic (exact) mass is 283 g/mol. The van der Waals surface area contributed by atoms with Gasteiger partial charge < -0.3 is 10.7 Å². The van der Waals surface area contributed by atoms with Gasteiger partial charge in [0.15, 0.2) is 0 Å². The number of hydrazine groups is 1. The number of hydrogen-bond donors (Lipinski definition) is 3. The first-order valence-electron chi connectivity index (χ1n) is 5.63. The number of rotatable bonds is 3. The summed E-state index contributed by atoms with van der Waals surface area (Å²) >= 11 is 0. The second-order valence-corrected chi connectivity index (χ2v) is 4.09. The molecule has 0 aliphatic rings. The Hall–Kier alpha value is -2.35. The van der Waals surface area contributed by atoms with Gasteiger partial charge in [-0.05, 0) is 24.6 Å². The number of nitrogens with two attached hydrogens (primary N) is 1. The van der Waals surface area contributed by atoms with E-state index in [0.717, 1.165) is 6.07 Å². The molecule has 2 rings (SSSR count). The molecule has 0 aliphatic heterocycles. The average molecular weight is 283 g/mol. The lowest BCUT2D eigenvalue weighted by atomic mass is 10.1. The second-order valence-electron chi connectivity index (χ2n) is 4.09. The highest BCUT2D eigenvalue weighted by molar-refractivity contribution is 5.60. The summed E-state index contributed by atoms with van der Waals surface area (Å²) in [6.45, 7) is 1.41. The molecule has 0 saturated carbocycles. The lowest BCUT2D eigenvalue weighted by Gasteiger charge is -2.13. The van der Waals surface area contributed by atoms with Gasteiger partial charge in [0.05, 0.1) is 5.56 Å². The standard InChI is InChI=1S/C12H12F3N5/c1-7-2-3-8(4-9(7)12(13,14)15)19-10-5-11(20-16)18-6-17-10/h2-6H,16H2,1H3,(H2,17,18,19,20). The van der Waals surface area contributed by atoms with Crippen LogP contribution < -0.4 is 16.6 Å². The highest BCUT2D eigenvalue weighted by atomic mass is 19.4. The van der Waals surface area contributed by atoms with Gasteiger partial charge in [-0.2, -0.15) is 13.2 Å². The van der Waals surface area contributed by atoms with Crippen LogP contribution in [0.3, 0.4) is 0 Å². The van der Waals surface area contributed by atoms with Crippen LogP contribution in [0.4, 0.5) is 30.5 Å². The molecule has 1 aromatic heterocycles. The normalized spacial score (nSPS) is 11.2. The highest BCUT2D eigenvalue weighted by Crippen LogP contribution is 2.33. The number of halogens is 3. The summed E-state index contributed by atoms with van der Waals surface area (Å²) in [7, 11) is 0. The number of nitrogens with one attached hydrogen (secondary N) is 2. The number of nitrogen functional groups attached to an aromatic ring is 1. The van der Waals surface area contributed by atoms with Gasteiger partial charge in [0.1, 0.15) is 18.0 Å². The fourth-order valence-corrected chi connectivity index (χ4v) is 1.66. The molecule has 0 amide bonds. The maximum absolute atomic E-state index is 12.8. The van der Waals surface area contributed by atoms with Gasteiger partial charge in [0.2, 0.25) is 0 Å². The molecule has 0 fully saturated rings. The molecule has 1 heterocycles. The fourth-order valence-electron chi connectivity index (χ4n) is 1.66. The third kappa shape index (κ3) is 3.15. The smallest absolute Gasteiger partial charge is 0.340 e. The van der Waals surface area contributed by atoms with E-state index in [1.807, 2.05) is 0 Å². The predicted octanol–water partition coefficient (Wildman–Crippen LogP) is 2.83. The van der Waals surface area contributed by atoms with Crippen molar-refractivity contribution in [3.63, 3.8) is 0 Å². The minimum absolute atomic E-state index is 0.162. The first-order valence-corrected chi connectivity index (χ1v) is 5.63. The van der Waals surface area contributed by atoms with Crippen molar-refractivity contribution < 1.29 is 13.2 Å². The number of benzene rings is 1. The summed E-state index contributed by atoms with van der Waals surface area (Å²) in [5, 5.41) is 2.77. The Morgan fingerprint density at radius 1 is 1.10 bits per heavy atom. The Labute approximate surface area is 113 Å². The van der Waals surface area contributed by atoms with Gasteiger partial charge in [-0.15, -0.1) is 0 Å². The van der Waals surface area contributed by atoms with E-state index in [4.69, 9.17) is 5.84 Å². The number of hydrogen-bond acceptors (Lipinski definition) is 5. The first kappa shape index (κ1) is 14.1. The Morgan fingerprint density at radius 3 is 2.45 bits per heavy atom. The van der Waals surface area contributed by atoms with E-state index < -0.39 is 11.7 Å². The van der Waals surface area contributed by atoms with Crippen molar-refractivity contribution >= 4 is 17.3 Å². The summed E-state index contributed by atoms with van der Waals surface area (Å²) in [4.78, 5) is 7.70. The van der Waals surface area contributed by atoms with Crippen LogP contribution in [-0.4, -0.2) is 9.97 Å². The van der Waals surface area contributed by atoms with Crippen LogP contribution >= 0.6 is 0 Å². The van der Waals surface area contributed by atoms with Crippen molar-refractivity contribution in [3.8, 4) is 0 Å². The molecular weight excluding hydrogens is 271 g/mol. The van der Waals surface area contributed by atoms with E-state index in [0.29, 0.717) is 11.6 Å². The Morgan fingerprint density at radius 2 is 1.80 bits per heavy atom. The third-order valence-corrected chi connectivity index (χ3v) is 2.63. The summed E-state index contributed by atoms with van der Waals surface area (Å²) in [6.07, 6.45) is -3.15. The Bertz CT molecular complexity index is 612. The Balaban J connectivity index is 2.30.